The average Bonchev–Trinajstić information content (AvgIpc) is 2.96. The minimum absolute atomic E-state index is 0.102. The first kappa shape index (κ1) is 11.6. The summed E-state index contributed by atoms with van der Waals surface area (Å²) < 4.78 is 9.85. The van der Waals surface area contributed by atoms with Gasteiger partial charge in [-0.1, -0.05) is 0 Å². The van der Waals surface area contributed by atoms with E-state index >= 15 is 0 Å². The molecule has 0 aliphatic carbocycles. The highest BCUT2D eigenvalue weighted by atomic mass is 32.1. The van der Waals surface area contributed by atoms with Crippen LogP contribution in [0.2, 0.25) is 0 Å². The van der Waals surface area contributed by atoms with Crippen molar-refractivity contribution >= 4 is 22.4 Å². The van der Waals surface area contributed by atoms with Gasteiger partial charge in [-0.3, -0.25) is 4.79 Å². The molecule has 0 aliphatic heterocycles. The molecule has 17 heavy (non-hydrogen) atoms. The number of hydrogen-bond donors (Lipinski definition) is 1. The Morgan fingerprint density at radius 1 is 1.65 bits per heavy atom. The molecule has 0 aromatic carbocycles. The quantitative estimate of drug-likeness (QED) is 0.877. The van der Waals surface area contributed by atoms with Crippen LogP contribution in [-0.4, -0.2) is 23.2 Å². The Balaban J connectivity index is 1.79. The number of amides is 1. The van der Waals surface area contributed by atoms with Crippen LogP contribution < -0.4 is 10.1 Å². The van der Waals surface area contributed by atoms with Crippen LogP contribution in [0.5, 0.6) is 5.88 Å². The molecule has 2 rings (SSSR count). The molecule has 0 fully saturated rings. The lowest BCUT2D eigenvalue weighted by Crippen LogP contribution is -2.11. The largest absolute Gasteiger partial charge is 0.479 e. The van der Waals surface area contributed by atoms with Crippen molar-refractivity contribution in [2.45, 2.75) is 12.8 Å². The number of anilines is 1. The molecule has 0 unspecified atom stereocenters. The zero-order valence-electron chi connectivity index (χ0n) is 9.17. The lowest BCUT2D eigenvalue weighted by atomic mass is 10.2. The number of nitrogens with one attached hydrogen (secondary N) is 1. The van der Waals surface area contributed by atoms with E-state index in [2.05, 4.69) is 15.5 Å². The second kappa shape index (κ2) is 5.44. The molecule has 1 amide bonds. The molecule has 2 aromatic heterocycles. The van der Waals surface area contributed by atoms with Gasteiger partial charge in [-0.15, -0.1) is 11.3 Å². The van der Waals surface area contributed by atoms with Crippen LogP contribution in [0.25, 0.3) is 0 Å². The highest BCUT2D eigenvalue weighted by Gasteiger charge is 2.08. The maximum Gasteiger partial charge on any atom is 0.254 e. The summed E-state index contributed by atoms with van der Waals surface area (Å²) in [7, 11) is 1.51. The Labute approximate surface area is 102 Å². The Hall–Kier alpha value is -1.89. The maximum absolute atomic E-state index is 11.5. The van der Waals surface area contributed by atoms with Crippen LogP contribution >= 0.6 is 11.3 Å². The van der Waals surface area contributed by atoms with Crippen LogP contribution in [0.4, 0.5) is 5.13 Å². The highest BCUT2D eigenvalue weighted by Crippen LogP contribution is 2.14. The summed E-state index contributed by atoms with van der Waals surface area (Å²) in [4.78, 5) is 15.5. The fourth-order valence-electron chi connectivity index (χ4n) is 1.21. The molecule has 2 heterocycles. The number of ether oxygens (including phenoxy) is 1. The molecule has 0 bridgehead atoms. The number of nitrogens with zero attached hydrogens (tertiary/aromatic N) is 2. The first-order valence-corrected chi connectivity index (χ1v) is 5.85. The van der Waals surface area contributed by atoms with Crippen molar-refractivity contribution in [2.75, 3.05) is 12.4 Å². The van der Waals surface area contributed by atoms with E-state index in [-0.39, 0.29) is 5.91 Å². The fourth-order valence-corrected chi connectivity index (χ4v) is 1.76. The van der Waals surface area contributed by atoms with Gasteiger partial charge in [-0.05, 0) is 5.16 Å². The number of hydrogen-bond acceptors (Lipinski definition) is 6. The third kappa shape index (κ3) is 3.28. The van der Waals surface area contributed by atoms with Gasteiger partial charge in [0.1, 0.15) is 5.76 Å². The van der Waals surface area contributed by atoms with Gasteiger partial charge < -0.3 is 14.6 Å². The molecular formula is C10H11N3O3S. The average molecular weight is 253 g/mol. The van der Waals surface area contributed by atoms with E-state index < -0.39 is 0 Å². The van der Waals surface area contributed by atoms with E-state index in [1.54, 1.807) is 17.6 Å². The van der Waals surface area contributed by atoms with E-state index in [0.717, 1.165) is 0 Å². The lowest BCUT2D eigenvalue weighted by Gasteiger charge is -1.98. The number of thiazole rings is 1. The Morgan fingerprint density at radius 3 is 3.18 bits per heavy atom. The second-order valence-electron chi connectivity index (χ2n) is 3.22. The van der Waals surface area contributed by atoms with E-state index in [1.807, 2.05) is 0 Å². The lowest BCUT2D eigenvalue weighted by molar-refractivity contribution is -0.116. The third-order valence-electron chi connectivity index (χ3n) is 2.02. The number of rotatable bonds is 5. The number of carbonyl (C=O) groups excluding carboxylic acids is 1. The molecular weight excluding hydrogens is 242 g/mol. The number of methoxy groups -OCH3 is 1. The van der Waals surface area contributed by atoms with Gasteiger partial charge in [0.2, 0.25) is 5.91 Å². The van der Waals surface area contributed by atoms with E-state index in [4.69, 9.17) is 9.26 Å². The van der Waals surface area contributed by atoms with E-state index in [1.165, 1.54) is 18.4 Å². The molecule has 0 saturated heterocycles. The van der Waals surface area contributed by atoms with Crippen molar-refractivity contribution < 1.29 is 14.1 Å². The summed E-state index contributed by atoms with van der Waals surface area (Å²) in [5, 5.41) is 8.74. The zero-order valence-corrected chi connectivity index (χ0v) is 9.99. The first-order chi connectivity index (χ1) is 8.28. The van der Waals surface area contributed by atoms with E-state index in [9.17, 15) is 4.79 Å². The molecule has 0 saturated carbocycles. The zero-order chi connectivity index (χ0) is 12.1. The Bertz CT molecular complexity index is 481. The van der Waals surface area contributed by atoms with E-state index in [0.29, 0.717) is 29.6 Å². The van der Waals surface area contributed by atoms with Crippen molar-refractivity contribution in [1.29, 1.82) is 0 Å². The van der Waals surface area contributed by atoms with Crippen molar-refractivity contribution in [3.63, 3.8) is 0 Å². The van der Waals surface area contributed by atoms with Gasteiger partial charge in [-0.25, -0.2) is 4.98 Å². The number of carbonyl (C=O) groups is 1. The Kier molecular flexibility index (Phi) is 3.71. The molecule has 2 aromatic rings. The molecule has 0 radical (unpaired) electrons. The van der Waals surface area contributed by atoms with Crippen LogP contribution in [-0.2, 0) is 11.2 Å². The monoisotopic (exact) mass is 253 g/mol. The number of aryl methyl sites for hydroxylation is 1. The number of aromatic nitrogens is 2. The predicted octanol–water partition coefficient (Wildman–Crippen LogP) is 1.71. The van der Waals surface area contributed by atoms with Crippen LogP contribution in [0, 0.1) is 0 Å². The summed E-state index contributed by atoms with van der Waals surface area (Å²) >= 11 is 1.38. The summed E-state index contributed by atoms with van der Waals surface area (Å²) in [5.41, 5.74) is 0. The van der Waals surface area contributed by atoms with Crippen LogP contribution in [0.15, 0.2) is 22.2 Å². The maximum atomic E-state index is 11.5. The molecule has 0 spiro atoms. The smallest absolute Gasteiger partial charge is 0.254 e. The van der Waals surface area contributed by atoms with Crippen LogP contribution in [0.1, 0.15) is 12.2 Å². The van der Waals surface area contributed by atoms with Gasteiger partial charge >= 0.3 is 0 Å². The van der Waals surface area contributed by atoms with Crippen molar-refractivity contribution in [3.8, 4) is 5.88 Å². The van der Waals surface area contributed by atoms with Gasteiger partial charge in [0.15, 0.2) is 5.13 Å². The van der Waals surface area contributed by atoms with Gasteiger partial charge in [0.25, 0.3) is 5.88 Å². The highest BCUT2D eigenvalue weighted by molar-refractivity contribution is 7.13. The predicted molar refractivity (Wildman–Crippen MR) is 62.1 cm³/mol. The van der Waals surface area contributed by atoms with Gasteiger partial charge in [0, 0.05) is 30.5 Å². The fraction of sp³-hybridized carbons (Fsp3) is 0.300. The van der Waals surface area contributed by atoms with Gasteiger partial charge in [0.05, 0.1) is 7.11 Å². The molecule has 90 valence electrons. The molecule has 6 nitrogen and oxygen atoms in total. The summed E-state index contributed by atoms with van der Waals surface area (Å²) in [6, 6.07) is 1.66. The summed E-state index contributed by atoms with van der Waals surface area (Å²) in [5.74, 6) is 0.937. The van der Waals surface area contributed by atoms with Gasteiger partial charge in [-0.2, -0.15) is 0 Å². The molecule has 7 heteroatoms. The van der Waals surface area contributed by atoms with Crippen molar-refractivity contribution in [2.24, 2.45) is 0 Å². The summed E-state index contributed by atoms with van der Waals surface area (Å²) in [6.07, 6.45) is 2.44. The topological polar surface area (TPSA) is 77.2 Å². The molecule has 1 N–H and O–H groups in total. The molecule has 0 atom stereocenters. The van der Waals surface area contributed by atoms with Crippen LogP contribution in [0.3, 0.4) is 0 Å². The SMILES string of the molecule is COc1cc(CCC(=O)Nc2nccs2)on1. The molecule has 0 aliphatic rings. The minimum atomic E-state index is -0.102. The Morgan fingerprint density at radius 2 is 2.53 bits per heavy atom. The first-order valence-electron chi connectivity index (χ1n) is 4.97. The van der Waals surface area contributed by atoms with Crippen molar-refractivity contribution in [1.82, 2.24) is 10.1 Å². The third-order valence-corrected chi connectivity index (χ3v) is 2.71. The second-order valence-corrected chi connectivity index (χ2v) is 4.12. The van der Waals surface area contributed by atoms with Crippen molar-refractivity contribution in [3.05, 3.63) is 23.4 Å². The minimum Gasteiger partial charge on any atom is -0.479 e. The standard InChI is InChI=1S/C10H11N3O3S/c1-15-9-6-7(16-13-9)2-3-8(14)12-10-11-4-5-17-10/h4-6H,2-3H2,1H3,(H,11,12,14). The summed E-state index contributed by atoms with van der Waals surface area (Å²) in [6.45, 7) is 0. The normalized spacial score (nSPS) is 10.2.